The van der Waals surface area contributed by atoms with Gasteiger partial charge in [0.25, 0.3) is 10.1 Å². The van der Waals surface area contributed by atoms with Crippen molar-refractivity contribution in [3.05, 3.63) is 48.5 Å². The molecular weight excluding hydrogens is 352 g/mol. The molecule has 1 aliphatic rings. The van der Waals surface area contributed by atoms with Crippen LogP contribution in [0.25, 0.3) is 11.1 Å². The molecule has 0 saturated heterocycles. The Morgan fingerprint density at radius 2 is 1.54 bits per heavy atom. The van der Waals surface area contributed by atoms with E-state index in [0.717, 1.165) is 11.1 Å². The molecule has 128 valence electrons. The summed E-state index contributed by atoms with van der Waals surface area (Å²) in [6.45, 7) is 0. The van der Waals surface area contributed by atoms with E-state index in [0.29, 0.717) is 12.8 Å². The monoisotopic (exact) mass is 367 g/mol. The van der Waals surface area contributed by atoms with Gasteiger partial charge < -0.3 is 9.66 Å². The lowest BCUT2D eigenvalue weighted by molar-refractivity contribution is -0.0328. The van der Waals surface area contributed by atoms with E-state index in [-0.39, 0.29) is 9.79 Å². The summed E-state index contributed by atoms with van der Waals surface area (Å²) in [5, 5.41) is 9.44. The van der Waals surface area contributed by atoms with Crippen LogP contribution in [0.2, 0.25) is 0 Å². The second kappa shape index (κ2) is 6.73. The predicted octanol–water partition coefficient (Wildman–Crippen LogP) is 1.82. The van der Waals surface area contributed by atoms with Gasteiger partial charge in [-0.05, 0) is 59.3 Å². The van der Waals surface area contributed by atoms with Gasteiger partial charge in [-0.15, -0.1) is 0 Å². The van der Waals surface area contributed by atoms with Crippen LogP contribution in [0.15, 0.2) is 58.3 Å². The average molecular weight is 367 g/mol. The Morgan fingerprint density at radius 1 is 1.00 bits per heavy atom. The van der Waals surface area contributed by atoms with Gasteiger partial charge in [-0.1, -0.05) is 24.3 Å². The van der Waals surface area contributed by atoms with Crippen molar-refractivity contribution in [3.8, 4) is 11.1 Å². The molecule has 8 heteroatoms. The quantitative estimate of drug-likeness (QED) is 0.639. The second-order valence-electron chi connectivity index (χ2n) is 5.52. The zero-order valence-corrected chi connectivity index (χ0v) is 14.1. The zero-order chi connectivity index (χ0) is 17.3. The Hall–Kier alpha value is -1.58. The number of benzene rings is 2. The molecule has 0 heterocycles. The second-order valence-corrected chi connectivity index (χ2v) is 8.03. The molecule has 0 aliphatic heterocycles. The molecule has 2 aromatic rings. The molecule has 1 fully saturated rings. The molecule has 0 aromatic heterocycles. The molecule has 1 saturated carbocycles. The van der Waals surface area contributed by atoms with E-state index in [4.69, 9.17) is 4.18 Å². The first-order chi connectivity index (χ1) is 11.4. The largest absolute Gasteiger partial charge is 0.768 e. The molecule has 0 radical (unpaired) electrons. The summed E-state index contributed by atoms with van der Waals surface area (Å²) in [7, 11) is -3.91. The van der Waals surface area contributed by atoms with Crippen LogP contribution in [0.5, 0.6) is 0 Å². The van der Waals surface area contributed by atoms with E-state index in [1.807, 2.05) is 0 Å². The third-order valence-corrected chi connectivity index (χ3v) is 5.96. The minimum atomic E-state index is -3.91. The van der Waals surface area contributed by atoms with E-state index >= 15 is 0 Å². The van der Waals surface area contributed by atoms with Crippen LogP contribution in [0.3, 0.4) is 0 Å². The Morgan fingerprint density at radius 3 is 1.96 bits per heavy atom. The van der Waals surface area contributed by atoms with Crippen molar-refractivity contribution in [1.82, 2.24) is 0 Å². The minimum absolute atomic E-state index is 0.0163. The maximum Gasteiger partial charge on any atom is 0.297 e. The predicted molar refractivity (Wildman–Crippen MR) is 86.4 cm³/mol. The molecule has 2 aromatic carbocycles. The number of hydrogen-bond acceptors (Lipinski definition) is 6. The summed E-state index contributed by atoms with van der Waals surface area (Å²) in [6, 6.07) is 12.3. The molecule has 3 atom stereocenters. The summed E-state index contributed by atoms with van der Waals surface area (Å²) in [5.74, 6) is 0. The van der Waals surface area contributed by atoms with Gasteiger partial charge in [0.15, 0.2) is 0 Å². The third kappa shape index (κ3) is 3.57. The SMILES string of the molecule is O=S([O-])c1ccc(-c2ccc(S(=O)(=O)OC3CC[C@H]3O)cc2)cc1. The van der Waals surface area contributed by atoms with Gasteiger partial charge in [0.2, 0.25) is 0 Å². The highest BCUT2D eigenvalue weighted by atomic mass is 32.2. The molecule has 0 bridgehead atoms. The van der Waals surface area contributed by atoms with Crippen molar-refractivity contribution in [2.75, 3.05) is 0 Å². The fourth-order valence-electron chi connectivity index (χ4n) is 2.35. The van der Waals surface area contributed by atoms with Crippen LogP contribution in [0, 0.1) is 0 Å². The van der Waals surface area contributed by atoms with Crippen LogP contribution in [-0.4, -0.2) is 34.5 Å². The first-order valence-corrected chi connectivity index (χ1v) is 9.76. The first-order valence-electron chi connectivity index (χ1n) is 7.28. The summed E-state index contributed by atoms with van der Waals surface area (Å²) in [5.41, 5.74) is 1.52. The Kier molecular flexibility index (Phi) is 4.84. The maximum atomic E-state index is 12.1. The Bertz CT molecular complexity index is 843. The fourth-order valence-corrected chi connectivity index (χ4v) is 3.84. The van der Waals surface area contributed by atoms with Crippen molar-refractivity contribution < 1.29 is 26.5 Å². The Balaban J connectivity index is 1.78. The van der Waals surface area contributed by atoms with Gasteiger partial charge in [-0.3, -0.25) is 8.39 Å². The summed E-state index contributed by atoms with van der Waals surface area (Å²) in [6.07, 6.45) is -0.339. The molecule has 6 nitrogen and oxygen atoms in total. The lowest BCUT2D eigenvalue weighted by Gasteiger charge is -2.31. The van der Waals surface area contributed by atoms with Crippen LogP contribution in [0.1, 0.15) is 12.8 Å². The van der Waals surface area contributed by atoms with E-state index in [1.54, 1.807) is 24.3 Å². The maximum absolute atomic E-state index is 12.1. The van der Waals surface area contributed by atoms with Gasteiger partial charge in [0, 0.05) is 4.90 Å². The highest BCUT2D eigenvalue weighted by Crippen LogP contribution is 2.28. The van der Waals surface area contributed by atoms with E-state index in [1.165, 1.54) is 24.3 Å². The average Bonchev–Trinajstić information content (AvgIpc) is 2.59. The standard InChI is InChI=1S/C16H16O6S2/c17-15-9-10-16(15)22-24(20,21)14-7-3-12(4-8-14)11-1-5-13(6-2-11)23(18)19/h1-8,15-17H,9-10H2,(H,18,19)/p-1/t15-,16?/m1/s1. The lowest BCUT2D eigenvalue weighted by atomic mass is 9.93. The van der Waals surface area contributed by atoms with E-state index < -0.39 is 33.4 Å². The lowest BCUT2D eigenvalue weighted by Crippen LogP contribution is -2.40. The fraction of sp³-hybridized carbons (Fsp3) is 0.250. The highest BCUT2D eigenvalue weighted by molar-refractivity contribution is 7.86. The topological polar surface area (TPSA) is 104 Å². The van der Waals surface area contributed by atoms with Gasteiger partial charge in [-0.25, -0.2) is 0 Å². The molecule has 1 N–H and O–H groups in total. The number of hydrogen-bond donors (Lipinski definition) is 1. The summed E-state index contributed by atoms with van der Waals surface area (Å²) < 4.78 is 51.0. The smallest absolute Gasteiger partial charge is 0.297 e. The molecule has 0 amide bonds. The Labute approximate surface area is 142 Å². The van der Waals surface area contributed by atoms with Gasteiger partial charge >= 0.3 is 0 Å². The van der Waals surface area contributed by atoms with Gasteiger partial charge in [-0.2, -0.15) is 8.42 Å². The molecular formula is C16H15O6S2-. The van der Waals surface area contributed by atoms with Crippen LogP contribution in [-0.2, 0) is 25.4 Å². The molecule has 1 aliphatic carbocycles. The van der Waals surface area contributed by atoms with Crippen molar-refractivity contribution in [2.24, 2.45) is 0 Å². The van der Waals surface area contributed by atoms with Crippen molar-refractivity contribution >= 4 is 21.2 Å². The minimum Gasteiger partial charge on any atom is -0.768 e. The van der Waals surface area contributed by atoms with Crippen LogP contribution >= 0.6 is 0 Å². The molecule has 3 rings (SSSR count). The van der Waals surface area contributed by atoms with Crippen LogP contribution < -0.4 is 0 Å². The third-order valence-electron chi connectivity index (χ3n) is 3.95. The summed E-state index contributed by atoms with van der Waals surface area (Å²) in [4.78, 5) is 0.202. The highest BCUT2D eigenvalue weighted by Gasteiger charge is 2.34. The van der Waals surface area contributed by atoms with Crippen molar-refractivity contribution in [2.45, 2.75) is 34.8 Å². The normalized spacial score (nSPS) is 21.9. The van der Waals surface area contributed by atoms with Crippen molar-refractivity contribution in [3.63, 3.8) is 0 Å². The van der Waals surface area contributed by atoms with E-state index in [9.17, 15) is 22.3 Å². The van der Waals surface area contributed by atoms with E-state index in [2.05, 4.69) is 0 Å². The van der Waals surface area contributed by atoms with Gasteiger partial charge in [0.05, 0.1) is 11.0 Å². The van der Waals surface area contributed by atoms with Gasteiger partial charge in [0.1, 0.15) is 6.10 Å². The van der Waals surface area contributed by atoms with Crippen molar-refractivity contribution in [1.29, 1.82) is 0 Å². The molecule has 24 heavy (non-hydrogen) atoms. The number of rotatable bonds is 5. The molecule has 2 unspecified atom stereocenters. The summed E-state index contributed by atoms with van der Waals surface area (Å²) >= 11 is -2.28. The molecule has 0 spiro atoms. The van der Waals surface area contributed by atoms with Crippen LogP contribution in [0.4, 0.5) is 0 Å². The zero-order valence-electron chi connectivity index (χ0n) is 12.5. The number of aliphatic hydroxyl groups excluding tert-OH is 1. The first kappa shape index (κ1) is 17.2. The number of aliphatic hydroxyl groups is 1.